The predicted octanol–water partition coefficient (Wildman–Crippen LogP) is 4.70. The van der Waals surface area contributed by atoms with E-state index in [1.54, 1.807) is 6.07 Å². The van der Waals surface area contributed by atoms with E-state index >= 15 is 0 Å². The van der Waals surface area contributed by atoms with Crippen molar-refractivity contribution in [2.45, 2.75) is 38.5 Å². The van der Waals surface area contributed by atoms with Crippen molar-refractivity contribution in [1.82, 2.24) is 4.98 Å². The maximum atomic E-state index is 11.6. The lowest BCUT2D eigenvalue weighted by atomic mass is 9.98. The number of nitrogens with zero attached hydrogens (tertiary/aromatic N) is 1. The topological polar surface area (TPSA) is 50.2 Å². The van der Waals surface area contributed by atoms with E-state index in [2.05, 4.69) is 34.8 Å². The minimum Gasteiger partial charge on any atom is -0.478 e. The third-order valence-corrected chi connectivity index (χ3v) is 4.41. The molecule has 4 heteroatoms. The molecule has 0 amide bonds. The van der Waals surface area contributed by atoms with E-state index < -0.39 is 5.97 Å². The second kappa shape index (κ2) is 4.85. The molecule has 1 aromatic heterocycles. The average molecular weight is 334 g/mol. The maximum absolute atomic E-state index is 11.6. The first-order valence-corrected chi connectivity index (χ1v) is 7.64. The molecular formula is C16H16BrNO2. The number of hydrogen-bond acceptors (Lipinski definition) is 2. The number of aromatic carboxylic acids is 1. The number of aromatic nitrogens is 1. The summed E-state index contributed by atoms with van der Waals surface area (Å²) in [5.74, 6) is -0.0956. The lowest BCUT2D eigenvalue weighted by Gasteiger charge is -2.12. The fourth-order valence-electron chi connectivity index (χ4n) is 2.42. The van der Waals surface area contributed by atoms with Crippen molar-refractivity contribution in [3.05, 3.63) is 39.5 Å². The van der Waals surface area contributed by atoms with Gasteiger partial charge in [0.15, 0.2) is 0 Å². The monoisotopic (exact) mass is 333 g/mol. The van der Waals surface area contributed by atoms with Gasteiger partial charge in [-0.15, -0.1) is 0 Å². The van der Waals surface area contributed by atoms with Gasteiger partial charge in [-0.25, -0.2) is 4.79 Å². The van der Waals surface area contributed by atoms with Gasteiger partial charge in [-0.1, -0.05) is 13.8 Å². The van der Waals surface area contributed by atoms with Crippen molar-refractivity contribution >= 4 is 32.8 Å². The fourth-order valence-corrected chi connectivity index (χ4v) is 2.99. The van der Waals surface area contributed by atoms with Gasteiger partial charge >= 0.3 is 5.97 Å². The van der Waals surface area contributed by atoms with Crippen LogP contribution in [-0.4, -0.2) is 16.1 Å². The van der Waals surface area contributed by atoms with Gasteiger partial charge in [0, 0.05) is 21.5 Å². The number of halogens is 1. The Labute approximate surface area is 126 Å². The molecule has 0 unspecified atom stereocenters. The van der Waals surface area contributed by atoms with E-state index in [1.807, 2.05) is 12.1 Å². The van der Waals surface area contributed by atoms with Gasteiger partial charge in [0.1, 0.15) is 0 Å². The number of rotatable bonds is 3. The van der Waals surface area contributed by atoms with Crippen LogP contribution >= 0.6 is 15.9 Å². The predicted molar refractivity (Wildman–Crippen MR) is 82.5 cm³/mol. The van der Waals surface area contributed by atoms with Gasteiger partial charge in [-0.05, 0) is 58.5 Å². The third kappa shape index (κ3) is 2.33. The van der Waals surface area contributed by atoms with Crippen LogP contribution < -0.4 is 0 Å². The SMILES string of the molecule is CC(C)c1cc(Br)c2nc(C3CC3)cc(C(=O)O)c2c1. The number of carboxylic acid groups (broad SMARTS) is 1. The first-order valence-electron chi connectivity index (χ1n) is 6.84. The molecule has 1 N–H and O–H groups in total. The number of carboxylic acids is 1. The van der Waals surface area contributed by atoms with Crippen molar-refractivity contribution in [3.8, 4) is 0 Å². The Bertz CT molecular complexity index is 705. The number of carbonyl (C=O) groups is 1. The molecule has 0 saturated heterocycles. The molecule has 0 atom stereocenters. The molecule has 1 aromatic carbocycles. The van der Waals surface area contributed by atoms with Crippen molar-refractivity contribution < 1.29 is 9.90 Å². The maximum Gasteiger partial charge on any atom is 0.336 e. The average Bonchev–Trinajstić information content (AvgIpc) is 3.21. The normalized spacial score (nSPS) is 15.0. The Hall–Kier alpha value is -1.42. The second-order valence-corrected chi connectivity index (χ2v) is 6.58. The summed E-state index contributed by atoms with van der Waals surface area (Å²) >= 11 is 3.55. The van der Waals surface area contributed by atoms with Crippen LogP contribution in [-0.2, 0) is 0 Å². The van der Waals surface area contributed by atoms with Crippen molar-refractivity contribution in [3.63, 3.8) is 0 Å². The summed E-state index contributed by atoms with van der Waals surface area (Å²) in [6.07, 6.45) is 2.22. The molecule has 1 saturated carbocycles. The van der Waals surface area contributed by atoms with Crippen LogP contribution in [0.3, 0.4) is 0 Å². The molecule has 1 aliphatic rings. The highest BCUT2D eigenvalue weighted by Crippen LogP contribution is 2.41. The van der Waals surface area contributed by atoms with E-state index in [-0.39, 0.29) is 0 Å². The van der Waals surface area contributed by atoms with Crippen molar-refractivity contribution in [2.24, 2.45) is 0 Å². The number of pyridine rings is 1. The lowest BCUT2D eigenvalue weighted by Crippen LogP contribution is -2.03. The summed E-state index contributed by atoms with van der Waals surface area (Å²) in [6.45, 7) is 4.19. The molecule has 1 aliphatic carbocycles. The van der Waals surface area contributed by atoms with Gasteiger partial charge in [0.2, 0.25) is 0 Å². The zero-order valence-electron chi connectivity index (χ0n) is 11.5. The smallest absolute Gasteiger partial charge is 0.336 e. The Kier molecular flexibility index (Phi) is 3.28. The quantitative estimate of drug-likeness (QED) is 0.885. The minimum atomic E-state index is -0.882. The summed E-state index contributed by atoms with van der Waals surface area (Å²) < 4.78 is 0.878. The van der Waals surface area contributed by atoms with Crippen molar-refractivity contribution in [1.29, 1.82) is 0 Å². The van der Waals surface area contributed by atoms with Crippen molar-refractivity contribution in [2.75, 3.05) is 0 Å². The number of benzene rings is 1. The highest BCUT2D eigenvalue weighted by Gasteiger charge is 2.27. The van der Waals surface area contributed by atoms with Crippen LogP contribution in [0.5, 0.6) is 0 Å². The largest absolute Gasteiger partial charge is 0.478 e. The standard InChI is InChI=1S/C16H16BrNO2/c1-8(2)10-5-11-12(16(19)20)7-14(9-3-4-9)18-15(11)13(17)6-10/h5-9H,3-4H2,1-2H3,(H,19,20). The Balaban J connectivity index is 2.32. The minimum absolute atomic E-state index is 0.348. The summed E-state index contributed by atoms with van der Waals surface area (Å²) in [4.78, 5) is 16.2. The molecule has 1 heterocycles. The molecule has 0 bridgehead atoms. The lowest BCUT2D eigenvalue weighted by molar-refractivity contribution is 0.0699. The molecule has 0 aliphatic heterocycles. The van der Waals surface area contributed by atoms with Crippen LogP contribution in [0.1, 0.15) is 60.1 Å². The molecule has 1 fully saturated rings. The zero-order valence-corrected chi connectivity index (χ0v) is 13.1. The molecular weight excluding hydrogens is 318 g/mol. The van der Waals surface area contributed by atoms with Crippen LogP contribution in [0.15, 0.2) is 22.7 Å². The number of hydrogen-bond donors (Lipinski definition) is 1. The van der Waals surface area contributed by atoms with Crippen LogP contribution in [0.4, 0.5) is 0 Å². The van der Waals surface area contributed by atoms with E-state index in [9.17, 15) is 9.90 Å². The Morgan fingerprint density at radius 2 is 2.05 bits per heavy atom. The van der Waals surface area contributed by atoms with Gasteiger partial charge in [0.05, 0.1) is 11.1 Å². The summed E-state index contributed by atoms with van der Waals surface area (Å²) in [5.41, 5.74) is 3.15. The first-order chi connectivity index (χ1) is 9.47. The molecule has 3 rings (SSSR count). The third-order valence-electron chi connectivity index (χ3n) is 3.80. The zero-order chi connectivity index (χ0) is 14.4. The summed E-state index contributed by atoms with van der Waals surface area (Å²) in [6, 6.07) is 5.75. The van der Waals surface area contributed by atoms with Gasteiger partial charge in [-0.2, -0.15) is 0 Å². The Morgan fingerprint density at radius 1 is 1.35 bits per heavy atom. The highest BCUT2D eigenvalue weighted by atomic mass is 79.9. The molecule has 104 valence electrons. The molecule has 3 nitrogen and oxygen atoms in total. The van der Waals surface area contributed by atoms with Gasteiger partial charge in [-0.3, -0.25) is 4.98 Å². The molecule has 0 spiro atoms. The first kappa shape index (κ1) is 13.6. The van der Waals surface area contributed by atoms with E-state index in [0.29, 0.717) is 17.4 Å². The molecule has 0 radical (unpaired) electrons. The van der Waals surface area contributed by atoms with Crippen LogP contribution in [0.2, 0.25) is 0 Å². The number of fused-ring (bicyclic) bond motifs is 1. The van der Waals surface area contributed by atoms with Crippen LogP contribution in [0.25, 0.3) is 10.9 Å². The van der Waals surface area contributed by atoms with E-state index in [1.165, 1.54) is 0 Å². The summed E-state index contributed by atoms with van der Waals surface area (Å²) in [5, 5.41) is 10.2. The van der Waals surface area contributed by atoms with Crippen LogP contribution in [0, 0.1) is 0 Å². The van der Waals surface area contributed by atoms with Gasteiger partial charge < -0.3 is 5.11 Å². The summed E-state index contributed by atoms with van der Waals surface area (Å²) in [7, 11) is 0. The Morgan fingerprint density at radius 3 is 2.60 bits per heavy atom. The van der Waals surface area contributed by atoms with E-state index in [0.717, 1.165) is 39.5 Å². The highest BCUT2D eigenvalue weighted by molar-refractivity contribution is 9.10. The molecule has 2 aromatic rings. The molecule has 20 heavy (non-hydrogen) atoms. The second-order valence-electron chi connectivity index (χ2n) is 5.73. The van der Waals surface area contributed by atoms with Gasteiger partial charge in [0.25, 0.3) is 0 Å². The van der Waals surface area contributed by atoms with E-state index in [4.69, 9.17) is 0 Å². The fraction of sp³-hybridized carbons (Fsp3) is 0.375.